The lowest BCUT2D eigenvalue weighted by atomic mass is 9.94. The Hall–Kier alpha value is -1.68. The lowest BCUT2D eigenvalue weighted by Gasteiger charge is -2.42. The van der Waals surface area contributed by atoms with E-state index in [9.17, 15) is 24.3 Å². The minimum atomic E-state index is -1.14. The molecule has 0 aliphatic rings. The highest BCUT2D eigenvalue weighted by Gasteiger charge is 2.39. The summed E-state index contributed by atoms with van der Waals surface area (Å²) in [6.07, 6.45) is 1.48. The molecule has 5 N–H and O–H groups in total. The number of amides is 3. The maximum atomic E-state index is 13.0. The SMILES string of the molecule is CC(C)[C@@H](C(=O)N[C@@H](C)C(=O)N[C@@H](CCCCN)C(=O)O)N(C(=O)CBr)C(C)(C)C. The number of halogens is 1. The zero-order valence-corrected chi connectivity index (χ0v) is 20.4. The molecule has 0 aliphatic carbocycles. The third kappa shape index (κ3) is 8.99. The molecule has 0 bridgehead atoms. The van der Waals surface area contributed by atoms with Crippen LogP contribution in [0, 0.1) is 5.92 Å². The van der Waals surface area contributed by atoms with Crippen LogP contribution in [0.25, 0.3) is 0 Å². The molecule has 0 unspecified atom stereocenters. The molecule has 174 valence electrons. The Morgan fingerprint density at radius 2 is 1.60 bits per heavy atom. The summed E-state index contributed by atoms with van der Waals surface area (Å²) in [5.41, 5.74) is 4.81. The highest BCUT2D eigenvalue weighted by atomic mass is 79.9. The van der Waals surface area contributed by atoms with Crippen molar-refractivity contribution in [2.24, 2.45) is 11.7 Å². The Kier molecular flexibility index (Phi) is 12.2. The third-order valence-electron chi connectivity index (χ3n) is 4.60. The monoisotopic (exact) mass is 492 g/mol. The normalized spacial score (nSPS) is 14.6. The molecule has 0 saturated carbocycles. The highest BCUT2D eigenvalue weighted by Crippen LogP contribution is 2.23. The van der Waals surface area contributed by atoms with Crippen molar-refractivity contribution in [3.05, 3.63) is 0 Å². The third-order valence-corrected chi connectivity index (χ3v) is 5.08. The Labute approximate surface area is 187 Å². The average molecular weight is 493 g/mol. The van der Waals surface area contributed by atoms with Crippen LogP contribution >= 0.6 is 15.9 Å². The second-order valence-corrected chi connectivity index (χ2v) is 9.23. The van der Waals surface area contributed by atoms with Crippen molar-refractivity contribution in [1.82, 2.24) is 15.5 Å². The molecule has 0 rings (SSSR count). The van der Waals surface area contributed by atoms with E-state index in [-0.39, 0.29) is 23.6 Å². The van der Waals surface area contributed by atoms with Crippen LogP contribution in [0.2, 0.25) is 0 Å². The van der Waals surface area contributed by atoms with Crippen molar-refractivity contribution in [1.29, 1.82) is 0 Å². The zero-order chi connectivity index (χ0) is 23.6. The van der Waals surface area contributed by atoms with E-state index in [1.807, 2.05) is 34.6 Å². The lowest BCUT2D eigenvalue weighted by Crippen LogP contribution is -2.61. The number of nitrogens with zero attached hydrogens (tertiary/aromatic N) is 1. The van der Waals surface area contributed by atoms with E-state index in [4.69, 9.17) is 5.73 Å². The number of nitrogens with two attached hydrogens (primary N) is 1. The van der Waals surface area contributed by atoms with Crippen LogP contribution in [-0.4, -0.2) is 69.2 Å². The summed E-state index contributed by atoms with van der Waals surface area (Å²) in [5, 5.41) is 14.5. The number of carbonyl (C=O) groups excluding carboxylic acids is 3. The fraction of sp³-hybridized carbons (Fsp3) is 0.800. The fourth-order valence-corrected chi connectivity index (χ4v) is 3.41. The van der Waals surface area contributed by atoms with Gasteiger partial charge in [-0.3, -0.25) is 14.4 Å². The second kappa shape index (κ2) is 12.9. The van der Waals surface area contributed by atoms with Crippen molar-refractivity contribution in [2.75, 3.05) is 11.9 Å². The van der Waals surface area contributed by atoms with Gasteiger partial charge in [-0.15, -0.1) is 0 Å². The Balaban J connectivity index is 5.33. The molecule has 0 aliphatic heterocycles. The van der Waals surface area contributed by atoms with Crippen molar-refractivity contribution in [3.8, 4) is 0 Å². The number of carboxylic acids is 1. The molecule has 0 fully saturated rings. The van der Waals surface area contributed by atoms with Gasteiger partial charge in [0.15, 0.2) is 0 Å². The number of hydrogen-bond donors (Lipinski definition) is 4. The average Bonchev–Trinajstić information content (AvgIpc) is 2.62. The van der Waals surface area contributed by atoms with Gasteiger partial charge < -0.3 is 26.4 Å². The van der Waals surface area contributed by atoms with Gasteiger partial charge >= 0.3 is 5.97 Å². The fourth-order valence-electron chi connectivity index (χ4n) is 3.14. The summed E-state index contributed by atoms with van der Waals surface area (Å²) in [6, 6.07) is -2.80. The van der Waals surface area contributed by atoms with Crippen molar-refractivity contribution in [3.63, 3.8) is 0 Å². The first kappa shape index (κ1) is 28.3. The largest absolute Gasteiger partial charge is 0.480 e. The van der Waals surface area contributed by atoms with Gasteiger partial charge in [0.2, 0.25) is 17.7 Å². The van der Waals surface area contributed by atoms with Gasteiger partial charge in [-0.25, -0.2) is 4.79 Å². The number of unbranched alkanes of at least 4 members (excludes halogenated alkanes) is 1. The number of alkyl halides is 1. The summed E-state index contributed by atoms with van der Waals surface area (Å²) in [7, 11) is 0. The molecule has 0 aromatic rings. The summed E-state index contributed by atoms with van der Waals surface area (Å²) in [5.74, 6) is -2.64. The molecule has 0 aromatic carbocycles. The highest BCUT2D eigenvalue weighted by molar-refractivity contribution is 9.09. The second-order valence-electron chi connectivity index (χ2n) is 8.67. The standard InChI is InChI=1S/C20H37BrN4O5/c1-12(2)16(25(15(26)11-21)20(4,5)6)18(28)23-13(3)17(27)24-14(19(29)30)9-7-8-10-22/h12-14,16H,7-11,22H2,1-6H3,(H,23,28)(H,24,27)(H,29,30)/t13-,14-,16-/m0/s1. The van der Waals surface area contributed by atoms with Crippen LogP contribution in [0.5, 0.6) is 0 Å². The number of carbonyl (C=O) groups is 4. The van der Waals surface area contributed by atoms with E-state index in [0.717, 1.165) is 0 Å². The smallest absolute Gasteiger partial charge is 0.326 e. The van der Waals surface area contributed by atoms with E-state index in [1.165, 1.54) is 11.8 Å². The number of aliphatic carboxylic acids is 1. The van der Waals surface area contributed by atoms with Crippen LogP contribution in [0.1, 0.15) is 60.8 Å². The van der Waals surface area contributed by atoms with Gasteiger partial charge in [-0.1, -0.05) is 29.8 Å². The predicted octanol–water partition coefficient (Wildman–Crippen LogP) is 1.24. The van der Waals surface area contributed by atoms with Crippen LogP contribution < -0.4 is 16.4 Å². The molecule has 3 atom stereocenters. The molecule has 10 heteroatoms. The first-order valence-corrected chi connectivity index (χ1v) is 11.3. The van der Waals surface area contributed by atoms with E-state index < -0.39 is 41.4 Å². The molecule has 0 aromatic heterocycles. The number of hydrogen-bond acceptors (Lipinski definition) is 5. The Morgan fingerprint density at radius 3 is 2.00 bits per heavy atom. The zero-order valence-electron chi connectivity index (χ0n) is 18.8. The van der Waals surface area contributed by atoms with Gasteiger partial charge in [0.25, 0.3) is 0 Å². The van der Waals surface area contributed by atoms with Crippen LogP contribution in [0.3, 0.4) is 0 Å². The quantitative estimate of drug-likeness (QED) is 0.238. The summed E-state index contributed by atoms with van der Waals surface area (Å²) in [6.45, 7) is 11.1. The topological polar surface area (TPSA) is 142 Å². The van der Waals surface area contributed by atoms with Crippen molar-refractivity contribution < 1.29 is 24.3 Å². The maximum absolute atomic E-state index is 13.0. The van der Waals surface area contributed by atoms with Crippen LogP contribution in [-0.2, 0) is 19.2 Å². The summed E-state index contributed by atoms with van der Waals surface area (Å²) in [4.78, 5) is 50.9. The van der Waals surface area contributed by atoms with Crippen molar-refractivity contribution in [2.45, 2.75) is 84.5 Å². The first-order valence-electron chi connectivity index (χ1n) is 10.2. The van der Waals surface area contributed by atoms with Crippen LogP contribution in [0.15, 0.2) is 0 Å². The first-order chi connectivity index (χ1) is 13.8. The molecule has 3 amide bonds. The molecule has 30 heavy (non-hydrogen) atoms. The van der Waals surface area contributed by atoms with Gasteiger partial charge in [0.1, 0.15) is 18.1 Å². The van der Waals surface area contributed by atoms with Gasteiger partial charge in [-0.2, -0.15) is 0 Å². The van der Waals surface area contributed by atoms with Gasteiger partial charge in [-0.05, 0) is 59.4 Å². The van der Waals surface area contributed by atoms with Crippen LogP contribution in [0.4, 0.5) is 0 Å². The maximum Gasteiger partial charge on any atom is 0.326 e. The number of nitrogens with one attached hydrogen (secondary N) is 2. The van der Waals surface area contributed by atoms with E-state index in [2.05, 4.69) is 26.6 Å². The Bertz CT molecular complexity index is 606. The predicted molar refractivity (Wildman–Crippen MR) is 119 cm³/mol. The Morgan fingerprint density at radius 1 is 1.03 bits per heavy atom. The summed E-state index contributed by atoms with van der Waals surface area (Å²) < 4.78 is 0. The molecule has 0 spiro atoms. The molecule has 0 heterocycles. The molecular weight excluding hydrogens is 456 g/mol. The van der Waals surface area contributed by atoms with E-state index in [0.29, 0.717) is 19.4 Å². The minimum Gasteiger partial charge on any atom is -0.480 e. The molecule has 0 radical (unpaired) electrons. The molecule has 0 saturated heterocycles. The van der Waals surface area contributed by atoms with Crippen molar-refractivity contribution >= 4 is 39.6 Å². The van der Waals surface area contributed by atoms with E-state index >= 15 is 0 Å². The number of carboxylic acid groups (broad SMARTS) is 1. The minimum absolute atomic E-state index is 0.0693. The summed E-state index contributed by atoms with van der Waals surface area (Å²) >= 11 is 3.16. The number of rotatable bonds is 12. The lowest BCUT2D eigenvalue weighted by molar-refractivity contribution is -0.147. The van der Waals surface area contributed by atoms with Gasteiger partial charge in [0.05, 0.1) is 5.33 Å². The van der Waals surface area contributed by atoms with E-state index in [1.54, 1.807) is 0 Å². The molecule has 9 nitrogen and oxygen atoms in total. The molecular formula is C20H37BrN4O5. The van der Waals surface area contributed by atoms with Gasteiger partial charge in [0, 0.05) is 5.54 Å².